The first-order valence-electron chi connectivity index (χ1n) is 8.49. The molecule has 1 aliphatic carbocycles. The quantitative estimate of drug-likeness (QED) is 0.633. The Kier molecular flexibility index (Phi) is 4.32. The summed E-state index contributed by atoms with van der Waals surface area (Å²) in [6, 6.07) is 1.99. The molecule has 0 aliphatic heterocycles. The first-order valence-corrected chi connectivity index (χ1v) is 9.29. The molecule has 1 saturated carbocycles. The average molecular weight is 413 g/mol. The molecule has 0 radical (unpaired) electrons. The molecule has 0 spiro atoms. The number of aliphatic carboxylic acids is 1. The van der Waals surface area contributed by atoms with Crippen LogP contribution >= 0.6 is 15.9 Å². The fourth-order valence-corrected chi connectivity index (χ4v) is 3.57. The van der Waals surface area contributed by atoms with Crippen LogP contribution in [0.5, 0.6) is 0 Å². The molecule has 7 heteroatoms. The number of pyridine rings is 2. The molecule has 3 aromatic heterocycles. The number of hydrogen-bond donors (Lipinski definition) is 1. The molecule has 0 amide bonds. The van der Waals surface area contributed by atoms with Gasteiger partial charge in [-0.15, -0.1) is 0 Å². The van der Waals surface area contributed by atoms with Crippen molar-refractivity contribution in [2.45, 2.75) is 32.2 Å². The van der Waals surface area contributed by atoms with Crippen molar-refractivity contribution in [1.82, 2.24) is 19.7 Å². The van der Waals surface area contributed by atoms with Crippen LogP contribution in [0.3, 0.4) is 0 Å². The summed E-state index contributed by atoms with van der Waals surface area (Å²) in [6.45, 7) is 2.75. The van der Waals surface area contributed by atoms with Gasteiger partial charge in [0.05, 0.1) is 11.9 Å². The highest BCUT2D eigenvalue weighted by Crippen LogP contribution is 2.45. The molecule has 1 aliphatic rings. The second kappa shape index (κ2) is 6.64. The molecule has 26 heavy (non-hydrogen) atoms. The molecule has 3 heterocycles. The van der Waals surface area contributed by atoms with Crippen LogP contribution in [0.25, 0.3) is 28.2 Å². The third kappa shape index (κ3) is 3.03. The first kappa shape index (κ1) is 16.9. The third-order valence-corrected chi connectivity index (χ3v) is 4.94. The van der Waals surface area contributed by atoms with Crippen molar-refractivity contribution in [3.05, 3.63) is 46.5 Å². The zero-order valence-corrected chi connectivity index (χ0v) is 15.8. The molecular formula is C19H17BrN4O2. The van der Waals surface area contributed by atoms with E-state index in [9.17, 15) is 4.79 Å². The van der Waals surface area contributed by atoms with Gasteiger partial charge in [0.25, 0.3) is 0 Å². The molecule has 0 saturated heterocycles. The van der Waals surface area contributed by atoms with E-state index in [1.807, 2.05) is 17.7 Å². The number of aryl methyl sites for hydroxylation is 1. The maximum atomic E-state index is 11.1. The van der Waals surface area contributed by atoms with E-state index in [2.05, 4.69) is 26.0 Å². The van der Waals surface area contributed by atoms with Gasteiger partial charge in [-0.1, -0.05) is 0 Å². The predicted molar refractivity (Wildman–Crippen MR) is 103 cm³/mol. The summed E-state index contributed by atoms with van der Waals surface area (Å²) >= 11 is 3.48. The second-order valence-electron chi connectivity index (χ2n) is 6.32. The van der Waals surface area contributed by atoms with Crippen LogP contribution in [0.15, 0.2) is 35.2 Å². The lowest BCUT2D eigenvalue weighted by molar-refractivity contribution is -0.131. The largest absolute Gasteiger partial charge is 0.478 e. The SMILES string of the molecule is CCn1ncc2c(-c3cncc(Br)c3)c(/C=C/C(=O)O)c(C3CC3)nc21. The van der Waals surface area contributed by atoms with Crippen LogP contribution < -0.4 is 0 Å². The maximum absolute atomic E-state index is 11.1. The van der Waals surface area contributed by atoms with Crippen molar-refractivity contribution in [2.75, 3.05) is 0 Å². The van der Waals surface area contributed by atoms with E-state index in [0.29, 0.717) is 5.92 Å². The molecule has 6 nitrogen and oxygen atoms in total. The molecule has 1 fully saturated rings. The predicted octanol–water partition coefficient (Wildman–Crippen LogP) is 4.25. The van der Waals surface area contributed by atoms with Crippen LogP contribution in [0.1, 0.15) is 36.9 Å². The van der Waals surface area contributed by atoms with E-state index in [0.717, 1.165) is 57.3 Å². The Morgan fingerprint density at radius 2 is 2.19 bits per heavy atom. The highest BCUT2D eigenvalue weighted by molar-refractivity contribution is 9.10. The van der Waals surface area contributed by atoms with E-state index in [1.54, 1.807) is 24.7 Å². The molecule has 0 aromatic carbocycles. The van der Waals surface area contributed by atoms with Gasteiger partial charge in [0.1, 0.15) is 0 Å². The first-order chi connectivity index (χ1) is 12.6. The topological polar surface area (TPSA) is 80.9 Å². The van der Waals surface area contributed by atoms with Crippen molar-refractivity contribution in [2.24, 2.45) is 0 Å². The van der Waals surface area contributed by atoms with E-state index < -0.39 is 5.97 Å². The lowest BCUT2D eigenvalue weighted by atomic mass is 9.95. The highest BCUT2D eigenvalue weighted by atomic mass is 79.9. The Morgan fingerprint density at radius 1 is 1.38 bits per heavy atom. The number of aromatic nitrogens is 4. The Balaban J connectivity index is 2.08. The van der Waals surface area contributed by atoms with Crippen LogP contribution in [-0.2, 0) is 11.3 Å². The van der Waals surface area contributed by atoms with Gasteiger partial charge in [0.2, 0.25) is 0 Å². The van der Waals surface area contributed by atoms with E-state index >= 15 is 0 Å². The zero-order chi connectivity index (χ0) is 18.3. The van der Waals surface area contributed by atoms with Gasteiger partial charge in [-0.2, -0.15) is 5.10 Å². The highest BCUT2D eigenvalue weighted by Gasteiger charge is 2.30. The van der Waals surface area contributed by atoms with Gasteiger partial charge >= 0.3 is 5.97 Å². The van der Waals surface area contributed by atoms with E-state index in [4.69, 9.17) is 10.1 Å². The summed E-state index contributed by atoms with van der Waals surface area (Å²) in [4.78, 5) is 20.3. The lowest BCUT2D eigenvalue weighted by Crippen LogP contribution is -2.03. The lowest BCUT2D eigenvalue weighted by Gasteiger charge is -2.13. The fourth-order valence-electron chi connectivity index (χ4n) is 3.20. The van der Waals surface area contributed by atoms with Crippen molar-refractivity contribution in [3.63, 3.8) is 0 Å². The summed E-state index contributed by atoms with van der Waals surface area (Å²) < 4.78 is 2.74. The molecular weight excluding hydrogens is 396 g/mol. The Labute approximate surface area is 158 Å². The number of fused-ring (bicyclic) bond motifs is 1. The van der Waals surface area contributed by atoms with Crippen LogP contribution in [0.4, 0.5) is 0 Å². The number of rotatable bonds is 5. The van der Waals surface area contributed by atoms with Crippen LogP contribution in [0, 0.1) is 0 Å². The summed E-state index contributed by atoms with van der Waals surface area (Å²) in [5.41, 5.74) is 4.47. The van der Waals surface area contributed by atoms with Gasteiger partial charge in [0.15, 0.2) is 5.65 Å². The molecule has 3 aromatic rings. The number of carboxylic acids is 1. The summed E-state index contributed by atoms with van der Waals surface area (Å²) in [5, 5.41) is 14.5. The van der Waals surface area contributed by atoms with Gasteiger partial charge in [-0.05, 0) is 47.8 Å². The molecule has 132 valence electrons. The minimum absolute atomic E-state index is 0.368. The minimum atomic E-state index is -0.977. The average Bonchev–Trinajstić information content (AvgIpc) is 3.38. The van der Waals surface area contributed by atoms with Crippen LogP contribution in [0.2, 0.25) is 0 Å². The van der Waals surface area contributed by atoms with Gasteiger partial charge in [0, 0.05) is 57.5 Å². The van der Waals surface area contributed by atoms with Gasteiger partial charge < -0.3 is 5.11 Å². The maximum Gasteiger partial charge on any atom is 0.328 e. The van der Waals surface area contributed by atoms with Gasteiger partial charge in [-0.3, -0.25) is 4.98 Å². The van der Waals surface area contributed by atoms with Crippen LogP contribution in [-0.4, -0.2) is 30.8 Å². The van der Waals surface area contributed by atoms with Crippen molar-refractivity contribution >= 4 is 39.0 Å². The van der Waals surface area contributed by atoms with E-state index in [1.165, 1.54) is 6.08 Å². The van der Waals surface area contributed by atoms with Crippen molar-refractivity contribution in [1.29, 1.82) is 0 Å². The van der Waals surface area contributed by atoms with Crippen molar-refractivity contribution in [3.8, 4) is 11.1 Å². The number of carbonyl (C=O) groups is 1. The van der Waals surface area contributed by atoms with E-state index in [-0.39, 0.29) is 0 Å². The minimum Gasteiger partial charge on any atom is -0.478 e. The Hall–Kier alpha value is -2.54. The second-order valence-corrected chi connectivity index (χ2v) is 7.24. The standard InChI is InChI=1S/C19H17BrN4O2/c1-2-24-19-15(10-22-24)17(12-7-13(20)9-21-8-12)14(5-6-16(25)26)18(23-19)11-3-4-11/h5-11H,2-4H2,1H3,(H,25,26)/b6-5+. The normalized spacial score (nSPS) is 14.4. The zero-order valence-electron chi connectivity index (χ0n) is 14.2. The third-order valence-electron chi connectivity index (χ3n) is 4.50. The molecule has 0 unspecified atom stereocenters. The molecule has 0 atom stereocenters. The van der Waals surface area contributed by atoms with Gasteiger partial charge in [-0.25, -0.2) is 14.5 Å². The number of carboxylic acid groups (broad SMARTS) is 1. The number of hydrogen-bond acceptors (Lipinski definition) is 4. The smallest absolute Gasteiger partial charge is 0.328 e. The molecule has 0 bridgehead atoms. The number of nitrogens with zero attached hydrogens (tertiary/aromatic N) is 4. The number of halogens is 1. The molecule has 1 N–H and O–H groups in total. The summed E-state index contributed by atoms with van der Waals surface area (Å²) in [5.74, 6) is -0.610. The molecule has 4 rings (SSSR count). The monoisotopic (exact) mass is 412 g/mol. The Morgan fingerprint density at radius 3 is 2.85 bits per heavy atom. The van der Waals surface area contributed by atoms with Crippen molar-refractivity contribution < 1.29 is 9.90 Å². The Bertz CT molecular complexity index is 1040. The summed E-state index contributed by atoms with van der Waals surface area (Å²) in [6.07, 6.45) is 10.3. The summed E-state index contributed by atoms with van der Waals surface area (Å²) in [7, 11) is 0. The fraction of sp³-hybridized carbons (Fsp3) is 0.263.